The van der Waals surface area contributed by atoms with Crippen molar-refractivity contribution in [2.24, 2.45) is 5.73 Å². The maximum atomic E-state index is 12.8. The van der Waals surface area contributed by atoms with Gasteiger partial charge in [0.05, 0.1) is 17.4 Å². The van der Waals surface area contributed by atoms with Crippen LogP contribution in [0.5, 0.6) is 0 Å². The maximum absolute atomic E-state index is 12.8. The molecule has 20 heavy (non-hydrogen) atoms. The molecule has 7 heteroatoms. The number of carbonyl (C=O) groups is 1. The third kappa shape index (κ3) is 3.29. The van der Waals surface area contributed by atoms with E-state index in [0.717, 1.165) is 6.07 Å². The first-order valence-corrected chi connectivity index (χ1v) is 6.24. The lowest BCUT2D eigenvalue weighted by atomic mass is 10.1. The molecule has 0 spiro atoms. The second-order valence-corrected chi connectivity index (χ2v) is 4.59. The first-order valence-electron chi connectivity index (χ1n) is 6.24. The van der Waals surface area contributed by atoms with Gasteiger partial charge in [0.1, 0.15) is 6.10 Å². The van der Waals surface area contributed by atoms with Crippen molar-refractivity contribution in [2.75, 3.05) is 11.9 Å². The molecule has 2 atom stereocenters. The summed E-state index contributed by atoms with van der Waals surface area (Å²) in [6.45, 7) is 0.295. The monoisotopic (exact) mass is 288 g/mol. The molecule has 2 rings (SSSR count). The molecule has 1 saturated heterocycles. The molecule has 0 bridgehead atoms. The van der Waals surface area contributed by atoms with Gasteiger partial charge in [-0.25, -0.2) is 0 Å². The number of halogens is 3. The van der Waals surface area contributed by atoms with E-state index in [1.165, 1.54) is 18.2 Å². The quantitative estimate of drug-likeness (QED) is 0.895. The number of nitrogens with two attached hydrogens (primary N) is 1. The molecule has 4 nitrogen and oxygen atoms in total. The Labute approximate surface area is 114 Å². The van der Waals surface area contributed by atoms with Crippen molar-refractivity contribution >= 4 is 11.6 Å². The average Bonchev–Trinajstić information content (AvgIpc) is 2.87. The molecule has 3 N–H and O–H groups in total. The van der Waals surface area contributed by atoms with Gasteiger partial charge in [-0.1, -0.05) is 12.1 Å². The zero-order valence-corrected chi connectivity index (χ0v) is 10.6. The number of ether oxygens (including phenoxy) is 1. The molecule has 2 unspecified atom stereocenters. The second kappa shape index (κ2) is 5.80. The van der Waals surface area contributed by atoms with E-state index >= 15 is 0 Å². The van der Waals surface area contributed by atoms with Gasteiger partial charge in [0.25, 0.3) is 5.91 Å². The third-order valence-electron chi connectivity index (χ3n) is 3.15. The third-order valence-corrected chi connectivity index (χ3v) is 3.15. The molecule has 110 valence electrons. The Bertz CT molecular complexity index is 491. The predicted octanol–water partition coefficient (Wildman–Crippen LogP) is 2.15. The van der Waals surface area contributed by atoms with E-state index in [4.69, 9.17) is 10.5 Å². The van der Waals surface area contributed by atoms with Gasteiger partial charge in [-0.3, -0.25) is 4.79 Å². The van der Waals surface area contributed by atoms with Gasteiger partial charge in [0, 0.05) is 6.54 Å². The molecule has 1 heterocycles. The van der Waals surface area contributed by atoms with Crippen molar-refractivity contribution in [3.05, 3.63) is 29.8 Å². The standard InChI is InChI=1S/C13H15F3N2O2/c14-13(15,16)9-3-1-2-4-10(9)18-12(19)11-6-5-8(7-17)20-11/h1-4,8,11H,5-7,17H2,(H,18,19). The summed E-state index contributed by atoms with van der Waals surface area (Å²) in [5.41, 5.74) is 4.29. The van der Waals surface area contributed by atoms with Crippen LogP contribution in [0.3, 0.4) is 0 Å². The van der Waals surface area contributed by atoms with Gasteiger partial charge < -0.3 is 15.8 Å². The number of carbonyl (C=O) groups excluding carboxylic acids is 1. The number of para-hydroxylation sites is 1. The van der Waals surface area contributed by atoms with Crippen LogP contribution in [0, 0.1) is 0 Å². The highest BCUT2D eigenvalue weighted by molar-refractivity contribution is 5.95. The highest BCUT2D eigenvalue weighted by Gasteiger charge is 2.35. The Morgan fingerprint density at radius 1 is 1.35 bits per heavy atom. The van der Waals surface area contributed by atoms with Crippen molar-refractivity contribution in [1.82, 2.24) is 0 Å². The van der Waals surface area contributed by atoms with Gasteiger partial charge in [-0.15, -0.1) is 0 Å². The number of anilines is 1. The molecular formula is C13H15F3N2O2. The number of nitrogens with one attached hydrogen (secondary N) is 1. The molecule has 0 aliphatic carbocycles. The maximum Gasteiger partial charge on any atom is 0.418 e. The van der Waals surface area contributed by atoms with Gasteiger partial charge >= 0.3 is 6.18 Å². The molecule has 1 aliphatic rings. The van der Waals surface area contributed by atoms with E-state index in [1.807, 2.05) is 0 Å². The summed E-state index contributed by atoms with van der Waals surface area (Å²) in [4.78, 5) is 11.9. The van der Waals surface area contributed by atoms with Crippen LogP contribution >= 0.6 is 0 Å². The number of amides is 1. The number of benzene rings is 1. The number of hydrogen-bond acceptors (Lipinski definition) is 3. The fourth-order valence-electron chi connectivity index (χ4n) is 2.12. The van der Waals surface area contributed by atoms with Crippen LogP contribution in [0.15, 0.2) is 24.3 Å². The SMILES string of the molecule is NCC1CCC(C(=O)Nc2ccccc2C(F)(F)F)O1. The summed E-state index contributed by atoms with van der Waals surface area (Å²) in [6, 6.07) is 4.85. The number of hydrogen-bond donors (Lipinski definition) is 2. The van der Waals surface area contributed by atoms with Crippen LogP contribution in [-0.4, -0.2) is 24.7 Å². The van der Waals surface area contributed by atoms with Crippen molar-refractivity contribution in [1.29, 1.82) is 0 Å². The minimum atomic E-state index is -4.51. The Morgan fingerprint density at radius 3 is 2.65 bits per heavy atom. The summed E-state index contributed by atoms with van der Waals surface area (Å²) < 4.78 is 43.7. The predicted molar refractivity (Wildman–Crippen MR) is 67.0 cm³/mol. The van der Waals surface area contributed by atoms with E-state index in [-0.39, 0.29) is 11.8 Å². The molecule has 1 aliphatic heterocycles. The first kappa shape index (κ1) is 14.8. The van der Waals surface area contributed by atoms with Crippen LogP contribution in [-0.2, 0) is 15.7 Å². The molecule has 1 fully saturated rings. The summed E-state index contributed by atoms with van der Waals surface area (Å²) in [6.07, 6.45) is -4.37. The van der Waals surface area contributed by atoms with Gasteiger partial charge in [0.2, 0.25) is 0 Å². The van der Waals surface area contributed by atoms with E-state index in [9.17, 15) is 18.0 Å². The molecular weight excluding hydrogens is 273 g/mol. The van der Waals surface area contributed by atoms with E-state index in [2.05, 4.69) is 5.32 Å². The Hall–Kier alpha value is -1.60. The van der Waals surface area contributed by atoms with Crippen molar-refractivity contribution in [3.8, 4) is 0 Å². The second-order valence-electron chi connectivity index (χ2n) is 4.59. The van der Waals surface area contributed by atoms with Crippen LogP contribution in [0.1, 0.15) is 18.4 Å². The molecule has 0 radical (unpaired) electrons. The highest BCUT2D eigenvalue weighted by atomic mass is 19.4. The Balaban J connectivity index is 2.09. The Morgan fingerprint density at radius 2 is 2.05 bits per heavy atom. The van der Waals surface area contributed by atoms with Crippen molar-refractivity contribution in [3.63, 3.8) is 0 Å². The smallest absolute Gasteiger partial charge is 0.364 e. The average molecular weight is 288 g/mol. The van der Waals surface area contributed by atoms with Gasteiger partial charge in [-0.05, 0) is 25.0 Å². The summed E-state index contributed by atoms with van der Waals surface area (Å²) in [7, 11) is 0. The molecule has 1 aromatic carbocycles. The molecule has 0 aromatic heterocycles. The summed E-state index contributed by atoms with van der Waals surface area (Å²) >= 11 is 0. The van der Waals surface area contributed by atoms with Gasteiger partial charge in [-0.2, -0.15) is 13.2 Å². The van der Waals surface area contributed by atoms with Gasteiger partial charge in [0.15, 0.2) is 0 Å². The lowest BCUT2D eigenvalue weighted by molar-refractivity contribution is -0.137. The lowest BCUT2D eigenvalue weighted by Crippen LogP contribution is -2.30. The topological polar surface area (TPSA) is 64.4 Å². The number of alkyl halides is 3. The van der Waals surface area contributed by atoms with Crippen LogP contribution in [0.2, 0.25) is 0 Å². The zero-order valence-electron chi connectivity index (χ0n) is 10.6. The summed E-state index contributed by atoms with van der Waals surface area (Å²) in [5, 5.41) is 2.28. The largest absolute Gasteiger partial charge is 0.418 e. The molecule has 1 aromatic rings. The fourth-order valence-corrected chi connectivity index (χ4v) is 2.12. The zero-order chi connectivity index (χ0) is 14.8. The van der Waals surface area contributed by atoms with Crippen LogP contribution < -0.4 is 11.1 Å². The van der Waals surface area contributed by atoms with E-state index < -0.39 is 23.8 Å². The Kier molecular flexibility index (Phi) is 4.29. The molecule has 0 saturated carbocycles. The normalized spacial score (nSPS) is 22.8. The first-order chi connectivity index (χ1) is 9.41. The van der Waals surface area contributed by atoms with Crippen LogP contribution in [0.4, 0.5) is 18.9 Å². The van der Waals surface area contributed by atoms with E-state index in [1.54, 1.807) is 0 Å². The van der Waals surface area contributed by atoms with Crippen LogP contribution in [0.25, 0.3) is 0 Å². The minimum absolute atomic E-state index is 0.205. The van der Waals surface area contributed by atoms with Crippen molar-refractivity contribution in [2.45, 2.75) is 31.2 Å². The summed E-state index contributed by atoms with van der Waals surface area (Å²) in [5.74, 6) is -0.572. The highest BCUT2D eigenvalue weighted by Crippen LogP contribution is 2.34. The van der Waals surface area contributed by atoms with E-state index in [0.29, 0.717) is 19.4 Å². The number of rotatable bonds is 3. The lowest BCUT2D eigenvalue weighted by Gasteiger charge is -2.16. The minimum Gasteiger partial charge on any atom is -0.364 e. The fraction of sp³-hybridized carbons (Fsp3) is 0.462. The van der Waals surface area contributed by atoms with Crippen molar-refractivity contribution < 1.29 is 22.7 Å². The molecule has 1 amide bonds.